The van der Waals surface area contributed by atoms with Crippen LogP contribution < -0.4 is 0 Å². The molecule has 8 heavy (non-hydrogen) atoms. The fourth-order valence-corrected chi connectivity index (χ4v) is 0.249. The van der Waals surface area contributed by atoms with Crippen LogP contribution in [0.15, 0.2) is 0 Å². The Morgan fingerprint density at radius 3 is 1.75 bits per heavy atom. The summed E-state index contributed by atoms with van der Waals surface area (Å²) in [5.74, 6) is -0.637. The van der Waals surface area contributed by atoms with Crippen LogP contribution >= 0.6 is 0 Å². The number of ketones is 2. The van der Waals surface area contributed by atoms with Crippen molar-refractivity contribution in [2.75, 3.05) is 0 Å². The van der Waals surface area contributed by atoms with E-state index in [1.807, 2.05) is 0 Å². The predicted octanol–water partition coefficient (Wildman–Crippen LogP) is 0.552. The van der Waals surface area contributed by atoms with Gasteiger partial charge in [-0.2, -0.15) is 0 Å². The summed E-state index contributed by atoms with van der Waals surface area (Å²) in [5.41, 5.74) is 0. The summed E-state index contributed by atoms with van der Waals surface area (Å²) in [5, 5.41) is 0. The van der Waals surface area contributed by atoms with Crippen LogP contribution in [-0.2, 0) is 26.7 Å². The Labute approximate surface area is 59.1 Å². The van der Waals surface area contributed by atoms with Crippen LogP contribution in [0.2, 0.25) is 0 Å². The molecule has 0 saturated heterocycles. The standard InChI is InChI=1S/C5H8O2.Fe/c1-3-5(7)4(2)6;/h3H2,1-2H3;. The molecule has 0 spiro atoms. The van der Waals surface area contributed by atoms with E-state index < -0.39 is 0 Å². The number of hydrogen-bond donors (Lipinski definition) is 0. The summed E-state index contributed by atoms with van der Waals surface area (Å²) >= 11 is 0. The second kappa shape index (κ2) is 5.01. The van der Waals surface area contributed by atoms with E-state index in [1.54, 1.807) is 6.92 Å². The van der Waals surface area contributed by atoms with Crippen molar-refractivity contribution in [2.24, 2.45) is 0 Å². The Bertz CT molecular complexity index is 98.6. The molecular weight excluding hydrogens is 148 g/mol. The second-order valence-corrected chi connectivity index (χ2v) is 1.33. The first-order valence-corrected chi connectivity index (χ1v) is 2.22. The van der Waals surface area contributed by atoms with Gasteiger partial charge in [-0.1, -0.05) is 6.92 Å². The van der Waals surface area contributed by atoms with Crippen molar-refractivity contribution in [3.05, 3.63) is 0 Å². The molecule has 48 valence electrons. The molecule has 0 rings (SSSR count). The van der Waals surface area contributed by atoms with Gasteiger partial charge in [0.15, 0.2) is 11.6 Å². The van der Waals surface area contributed by atoms with Crippen LogP contribution in [0.5, 0.6) is 0 Å². The zero-order valence-electron chi connectivity index (χ0n) is 4.88. The summed E-state index contributed by atoms with van der Waals surface area (Å²) in [6, 6.07) is 0. The van der Waals surface area contributed by atoms with E-state index in [9.17, 15) is 9.59 Å². The zero-order chi connectivity index (χ0) is 5.86. The average Bonchev–Trinajstić information content (AvgIpc) is 1.65. The number of Topliss-reactive ketones (excluding diaryl/α,β-unsaturated/α-hetero) is 2. The van der Waals surface area contributed by atoms with E-state index in [1.165, 1.54) is 6.92 Å². The largest absolute Gasteiger partial charge is 0.291 e. The predicted molar refractivity (Wildman–Crippen MR) is 26.0 cm³/mol. The maximum atomic E-state index is 10.2. The Morgan fingerprint density at radius 1 is 1.38 bits per heavy atom. The van der Waals surface area contributed by atoms with Crippen LogP contribution in [0.3, 0.4) is 0 Å². The molecule has 0 aromatic rings. The third-order valence-electron chi connectivity index (χ3n) is 0.714. The van der Waals surface area contributed by atoms with Crippen LogP contribution in [0, 0.1) is 0 Å². The fourth-order valence-electron chi connectivity index (χ4n) is 0.249. The maximum Gasteiger partial charge on any atom is 0.197 e. The fraction of sp³-hybridized carbons (Fsp3) is 0.600. The summed E-state index contributed by atoms with van der Waals surface area (Å²) in [6.45, 7) is 2.95. The molecule has 0 bridgehead atoms. The topological polar surface area (TPSA) is 34.1 Å². The van der Waals surface area contributed by atoms with Gasteiger partial charge >= 0.3 is 0 Å². The normalized spacial score (nSPS) is 7.25. The number of hydrogen-bond acceptors (Lipinski definition) is 2. The Kier molecular flexibility index (Phi) is 6.74. The Balaban J connectivity index is 0. The van der Waals surface area contributed by atoms with Crippen LogP contribution in [-0.4, -0.2) is 11.6 Å². The van der Waals surface area contributed by atoms with Gasteiger partial charge in [0.25, 0.3) is 0 Å². The molecule has 0 aromatic heterocycles. The van der Waals surface area contributed by atoms with Gasteiger partial charge in [0, 0.05) is 30.4 Å². The van der Waals surface area contributed by atoms with Crippen molar-refractivity contribution in [1.82, 2.24) is 0 Å². The average molecular weight is 156 g/mol. The monoisotopic (exact) mass is 156 g/mol. The van der Waals surface area contributed by atoms with Crippen LogP contribution in [0.1, 0.15) is 20.3 Å². The van der Waals surface area contributed by atoms with E-state index in [-0.39, 0.29) is 28.6 Å². The van der Waals surface area contributed by atoms with Gasteiger partial charge in [0.2, 0.25) is 0 Å². The molecule has 0 unspecified atom stereocenters. The third kappa shape index (κ3) is 4.03. The molecule has 0 aliphatic heterocycles. The molecule has 0 aromatic carbocycles. The molecule has 0 aliphatic carbocycles. The molecule has 0 atom stereocenters. The molecule has 0 heterocycles. The smallest absolute Gasteiger partial charge is 0.197 e. The summed E-state index contributed by atoms with van der Waals surface area (Å²) in [4.78, 5) is 20.2. The Hall–Kier alpha value is -0.141. The van der Waals surface area contributed by atoms with Gasteiger partial charge < -0.3 is 0 Å². The van der Waals surface area contributed by atoms with E-state index in [0.29, 0.717) is 6.42 Å². The van der Waals surface area contributed by atoms with E-state index in [2.05, 4.69) is 0 Å². The van der Waals surface area contributed by atoms with Gasteiger partial charge in [-0.25, -0.2) is 0 Å². The number of carbonyl (C=O) groups is 2. The maximum absolute atomic E-state index is 10.2. The molecule has 2 nitrogen and oxygen atoms in total. The minimum atomic E-state index is -0.345. The Morgan fingerprint density at radius 2 is 1.75 bits per heavy atom. The van der Waals surface area contributed by atoms with Crippen molar-refractivity contribution in [3.63, 3.8) is 0 Å². The SMILES string of the molecule is CCC(=O)C(C)=O.[Fe]. The van der Waals surface area contributed by atoms with Gasteiger partial charge in [-0.15, -0.1) is 0 Å². The minimum Gasteiger partial charge on any atom is -0.291 e. The first kappa shape index (κ1) is 10.8. The summed E-state index contributed by atoms with van der Waals surface area (Å²) in [7, 11) is 0. The number of carbonyl (C=O) groups excluding carboxylic acids is 2. The van der Waals surface area contributed by atoms with Gasteiger partial charge in [0.1, 0.15) is 0 Å². The van der Waals surface area contributed by atoms with E-state index >= 15 is 0 Å². The van der Waals surface area contributed by atoms with E-state index in [4.69, 9.17) is 0 Å². The van der Waals surface area contributed by atoms with Crippen molar-refractivity contribution >= 4 is 11.6 Å². The van der Waals surface area contributed by atoms with Gasteiger partial charge in [0.05, 0.1) is 0 Å². The van der Waals surface area contributed by atoms with Crippen molar-refractivity contribution < 1.29 is 26.7 Å². The summed E-state index contributed by atoms with van der Waals surface area (Å²) in [6.07, 6.45) is 0.329. The molecular formula is C5H8FeO2. The van der Waals surface area contributed by atoms with Gasteiger partial charge in [-0.3, -0.25) is 9.59 Å². The van der Waals surface area contributed by atoms with Gasteiger partial charge in [-0.05, 0) is 0 Å². The number of rotatable bonds is 2. The molecule has 0 amide bonds. The quantitative estimate of drug-likeness (QED) is 0.432. The van der Waals surface area contributed by atoms with Crippen molar-refractivity contribution in [3.8, 4) is 0 Å². The van der Waals surface area contributed by atoms with Crippen molar-refractivity contribution in [1.29, 1.82) is 0 Å². The molecule has 3 heteroatoms. The molecule has 0 radical (unpaired) electrons. The molecule has 0 saturated carbocycles. The molecule has 0 fully saturated rings. The molecule has 0 N–H and O–H groups in total. The van der Waals surface area contributed by atoms with Crippen molar-refractivity contribution in [2.45, 2.75) is 20.3 Å². The summed E-state index contributed by atoms with van der Waals surface area (Å²) < 4.78 is 0. The van der Waals surface area contributed by atoms with Crippen LogP contribution in [0.4, 0.5) is 0 Å². The molecule has 0 aliphatic rings. The first-order valence-electron chi connectivity index (χ1n) is 2.22. The first-order chi connectivity index (χ1) is 3.18. The minimum absolute atomic E-state index is 0. The third-order valence-corrected chi connectivity index (χ3v) is 0.714. The van der Waals surface area contributed by atoms with Crippen LogP contribution in [0.25, 0.3) is 0 Å². The second-order valence-electron chi connectivity index (χ2n) is 1.33. The van der Waals surface area contributed by atoms with E-state index in [0.717, 1.165) is 0 Å². The zero-order valence-corrected chi connectivity index (χ0v) is 5.98.